The SMILES string of the molecule is CCCNC(C(=O)OC)C(C)c1ccccc1. The Morgan fingerprint density at radius 3 is 2.53 bits per heavy atom. The van der Waals surface area contributed by atoms with Gasteiger partial charge >= 0.3 is 5.97 Å². The number of hydrogen-bond acceptors (Lipinski definition) is 3. The zero-order valence-corrected chi connectivity index (χ0v) is 10.8. The van der Waals surface area contributed by atoms with Crippen molar-refractivity contribution >= 4 is 5.97 Å². The Kier molecular flexibility index (Phi) is 5.70. The summed E-state index contributed by atoms with van der Waals surface area (Å²) in [7, 11) is 1.43. The van der Waals surface area contributed by atoms with Gasteiger partial charge in [-0.2, -0.15) is 0 Å². The van der Waals surface area contributed by atoms with Gasteiger partial charge in [0, 0.05) is 5.92 Å². The second-order valence-electron chi connectivity index (χ2n) is 4.15. The van der Waals surface area contributed by atoms with Crippen LogP contribution in [-0.4, -0.2) is 25.7 Å². The first-order chi connectivity index (χ1) is 8.20. The lowest BCUT2D eigenvalue weighted by molar-refractivity contribution is -0.143. The summed E-state index contributed by atoms with van der Waals surface area (Å²) in [6, 6.07) is 9.74. The highest BCUT2D eigenvalue weighted by atomic mass is 16.5. The number of methoxy groups -OCH3 is 1. The molecule has 0 saturated heterocycles. The molecule has 0 aliphatic heterocycles. The van der Waals surface area contributed by atoms with Gasteiger partial charge in [0.1, 0.15) is 6.04 Å². The van der Waals surface area contributed by atoms with Crippen LogP contribution in [0.4, 0.5) is 0 Å². The van der Waals surface area contributed by atoms with Crippen molar-refractivity contribution in [3.05, 3.63) is 35.9 Å². The van der Waals surface area contributed by atoms with E-state index in [9.17, 15) is 4.79 Å². The van der Waals surface area contributed by atoms with Gasteiger partial charge in [-0.25, -0.2) is 0 Å². The number of carbonyl (C=O) groups excluding carboxylic acids is 1. The summed E-state index contributed by atoms with van der Waals surface area (Å²) in [6.07, 6.45) is 0.995. The monoisotopic (exact) mass is 235 g/mol. The molecule has 0 heterocycles. The van der Waals surface area contributed by atoms with Crippen LogP contribution in [0.3, 0.4) is 0 Å². The Morgan fingerprint density at radius 1 is 1.35 bits per heavy atom. The van der Waals surface area contributed by atoms with Crippen LogP contribution in [0.2, 0.25) is 0 Å². The van der Waals surface area contributed by atoms with Gasteiger partial charge in [-0.05, 0) is 18.5 Å². The van der Waals surface area contributed by atoms with Gasteiger partial charge in [0.05, 0.1) is 7.11 Å². The zero-order chi connectivity index (χ0) is 12.7. The molecule has 1 N–H and O–H groups in total. The van der Waals surface area contributed by atoms with Crippen LogP contribution < -0.4 is 5.32 Å². The van der Waals surface area contributed by atoms with E-state index in [0.29, 0.717) is 0 Å². The van der Waals surface area contributed by atoms with Crippen LogP contribution >= 0.6 is 0 Å². The van der Waals surface area contributed by atoms with Crippen molar-refractivity contribution in [1.82, 2.24) is 5.32 Å². The van der Waals surface area contributed by atoms with E-state index in [1.807, 2.05) is 37.3 Å². The fraction of sp³-hybridized carbons (Fsp3) is 0.500. The van der Waals surface area contributed by atoms with Crippen molar-refractivity contribution in [3.8, 4) is 0 Å². The molecule has 94 valence electrons. The quantitative estimate of drug-likeness (QED) is 0.769. The van der Waals surface area contributed by atoms with Crippen LogP contribution in [0.5, 0.6) is 0 Å². The van der Waals surface area contributed by atoms with E-state index in [2.05, 4.69) is 12.2 Å². The van der Waals surface area contributed by atoms with Crippen molar-refractivity contribution in [1.29, 1.82) is 0 Å². The first-order valence-corrected chi connectivity index (χ1v) is 6.06. The highest BCUT2D eigenvalue weighted by molar-refractivity contribution is 5.77. The molecule has 0 amide bonds. The Morgan fingerprint density at radius 2 is 2.00 bits per heavy atom. The predicted octanol–water partition coefficient (Wildman–Crippen LogP) is 2.33. The summed E-state index contributed by atoms with van der Waals surface area (Å²) in [5, 5.41) is 3.24. The van der Waals surface area contributed by atoms with Crippen molar-refractivity contribution in [2.24, 2.45) is 0 Å². The maximum Gasteiger partial charge on any atom is 0.323 e. The minimum atomic E-state index is -0.276. The highest BCUT2D eigenvalue weighted by Gasteiger charge is 2.26. The Hall–Kier alpha value is -1.35. The molecular weight excluding hydrogens is 214 g/mol. The van der Waals surface area contributed by atoms with E-state index >= 15 is 0 Å². The molecule has 1 aromatic rings. The Bertz CT molecular complexity index is 337. The van der Waals surface area contributed by atoms with Crippen LogP contribution in [-0.2, 0) is 9.53 Å². The largest absolute Gasteiger partial charge is 0.468 e. The molecule has 1 aromatic carbocycles. The summed E-state index contributed by atoms with van der Waals surface area (Å²) in [5.41, 5.74) is 1.14. The summed E-state index contributed by atoms with van der Waals surface area (Å²) in [6.45, 7) is 4.94. The van der Waals surface area contributed by atoms with Crippen LogP contribution in [0.1, 0.15) is 31.7 Å². The number of benzene rings is 1. The van der Waals surface area contributed by atoms with E-state index in [1.54, 1.807) is 0 Å². The Labute approximate surface area is 103 Å². The summed E-state index contributed by atoms with van der Waals surface area (Å²) in [4.78, 5) is 11.7. The summed E-state index contributed by atoms with van der Waals surface area (Å²) in [5.74, 6) is -0.0926. The van der Waals surface area contributed by atoms with Crippen LogP contribution in [0, 0.1) is 0 Å². The van der Waals surface area contributed by atoms with Gasteiger partial charge in [-0.1, -0.05) is 44.2 Å². The molecule has 1 rings (SSSR count). The van der Waals surface area contributed by atoms with Gasteiger partial charge in [0.25, 0.3) is 0 Å². The first kappa shape index (κ1) is 13.7. The molecular formula is C14H21NO2. The zero-order valence-electron chi connectivity index (χ0n) is 10.8. The fourth-order valence-corrected chi connectivity index (χ4v) is 1.84. The molecule has 0 bridgehead atoms. The average molecular weight is 235 g/mol. The fourth-order valence-electron chi connectivity index (χ4n) is 1.84. The minimum absolute atomic E-state index is 0.107. The molecule has 0 fully saturated rings. The average Bonchev–Trinajstić information content (AvgIpc) is 2.39. The minimum Gasteiger partial charge on any atom is -0.468 e. The first-order valence-electron chi connectivity index (χ1n) is 6.06. The normalized spacial score (nSPS) is 14.1. The molecule has 0 aromatic heterocycles. The Balaban J connectivity index is 2.78. The van der Waals surface area contributed by atoms with Gasteiger partial charge < -0.3 is 10.1 Å². The number of esters is 1. The molecule has 0 radical (unpaired) electrons. The van der Waals surface area contributed by atoms with E-state index in [4.69, 9.17) is 4.74 Å². The van der Waals surface area contributed by atoms with Gasteiger partial charge in [0.2, 0.25) is 0 Å². The van der Waals surface area contributed by atoms with Crippen molar-refractivity contribution in [2.45, 2.75) is 32.2 Å². The molecule has 3 heteroatoms. The van der Waals surface area contributed by atoms with Crippen molar-refractivity contribution in [2.75, 3.05) is 13.7 Å². The second-order valence-corrected chi connectivity index (χ2v) is 4.15. The third-order valence-electron chi connectivity index (χ3n) is 2.89. The highest BCUT2D eigenvalue weighted by Crippen LogP contribution is 2.19. The summed E-state index contributed by atoms with van der Waals surface area (Å²) < 4.78 is 4.85. The standard InChI is InChI=1S/C14H21NO2/c1-4-10-15-13(14(16)17-3)11(2)12-8-6-5-7-9-12/h5-9,11,13,15H,4,10H2,1-3H3. The number of ether oxygens (including phenoxy) is 1. The van der Waals surface area contributed by atoms with Crippen molar-refractivity contribution in [3.63, 3.8) is 0 Å². The van der Waals surface area contributed by atoms with Crippen LogP contribution in [0.15, 0.2) is 30.3 Å². The lowest BCUT2D eigenvalue weighted by Gasteiger charge is -2.23. The van der Waals surface area contributed by atoms with Crippen molar-refractivity contribution < 1.29 is 9.53 Å². The van der Waals surface area contributed by atoms with E-state index in [-0.39, 0.29) is 17.9 Å². The van der Waals surface area contributed by atoms with E-state index in [1.165, 1.54) is 7.11 Å². The van der Waals surface area contributed by atoms with Gasteiger partial charge in [-0.3, -0.25) is 4.79 Å². The summed E-state index contributed by atoms with van der Waals surface area (Å²) >= 11 is 0. The van der Waals surface area contributed by atoms with Gasteiger partial charge in [0.15, 0.2) is 0 Å². The van der Waals surface area contributed by atoms with E-state index in [0.717, 1.165) is 18.5 Å². The topological polar surface area (TPSA) is 38.3 Å². The lowest BCUT2D eigenvalue weighted by atomic mass is 9.93. The third-order valence-corrected chi connectivity index (χ3v) is 2.89. The number of carbonyl (C=O) groups is 1. The number of rotatable bonds is 6. The molecule has 0 aliphatic carbocycles. The van der Waals surface area contributed by atoms with E-state index < -0.39 is 0 Å². The maximum atomic E-state index is 11.7. The second kappa shape index (κ2) is 7.07. The predicted molar refractivity (Wildman–Crippen MR) is 69.0 cm³/mol. The molecule has 17 heavy (non-hydrogen) atoms. The smallest absolute Gasteiger partial charge is 0.323 e. The molecule has 2 unspecified atom stereocenters. The number of nitrogens with one attached hydrogen (secondary N) is 1. The molecule has 2 atom stereocenters. The maximum absolute atomic E-state index is 11.7. The molecule has 3 nitrogen and oxygen atoms in total. The third kappa shape index (κ3) is 3.86. The molecule has 0 spiro atoms. The molecule has 0 aliphatic rings. The molecule has 0 saturated carbocycles. The lowest BCUT2D eigenvalue weighted by Crippen LogP contribution is -2.42. The number of hydrogen-bond donors (Lipinski definition) is 1. The van der Waals surface area contributed by atoms with Crippen LogP contribution in [0.25, 0.3) is 0 Å². The van der Waals surface area contributed by atoms with Gasteiger partial charge in [-0.15, -0.1) is 0 Å².